The van der Waals surface area contributed by atoms with Crippen molar-refractivity contribution in [1.82, 2.24) is 4.57 Å². The molecule has 1 aliphatic carbocycles. The second-order valence-electron chi connectivity index (χ2n) is 7.07. The molecule has 1 saturated carbocycles. The molecule has 4 heteroatoms. The standard InChI is InChI=1S/C21H19NO3/c1-22-9-6-15-3-2-14(10-17(15)22)11-20(23)21(7-8-21)16-4-5-18-19(12-16)25-13-24-18/h2-6,9-10,12H,7-8,11,13H2,1H3. The third-order valence-electron chi connectivity index (χ3n) is 5.53. The zero-order valence-corrected chi connectivity index (χ0v) is 14.1. The molecule has 0 saturated heterocycles. The number of aryl methyl sites for hydroxylation is 1. The Hall–Kier alpha value is -2.75. The van der Waals surface area contributed by atoms with Gasteiger partial charge in [0.05, 0.1) is 5.41 Å². The smallest absolute Gasteiger partial charge is 0.231 e. The summed E-state index contributed by atoms with van der Waals surface area (Å²) >= 11 is 0. The number of nitrogens with zero attached hydrogens (tertiary/aromatic N) is 1. The molecule has 0 amide bonds. The van der Waals surface area contributed by atoms with Crippen LogP contribution in [0.15, 0.2) is 48.7 Å². The van der Waals surface area contributed by atoms with Gasteiger partial charge in [-0.2, -0.15) is 0 Å². The molecular weight excluding hydrogens is 314 g/mol. The lowest BCUT2D eigenvalue weighted by molar-refractivity contribution is -0.120. The maximum atomic E-state index is 13.1. The molecule has 0 unspecified atom stereocenters. The van der Waals surface area contributed by atoms with E-state index in [0.717, 1.165) is 35.5 Å². The quantitative estimate of drug-likeness (QED) is 0.730. The molecule has 4 nitrogen and oxygen atoms in total. The van der Waals surface area contributed by atoms with Crippen LogP contribution in [0, 0.1) is 0 Å². The third kappa shape index (κ3) is 2.24. The lowest BCUT2D eigenvalue weighted by Gasteiger charge is -2.15. The van der Waals surface area contributed by atoms with E-state index in [-0.39, 0.29) is 12.2 Å². The average Bonchev–Trinajstić information content (AvgIpc) is 3.17. The Morgan fingerprint density at radius 1 is 1.08 bits per heavy atom. The number of fused-ring (bicyclic) bond motifs is 2. The molecule has 0 spiro atoms. The van der Waals surface area contributed by atoms with Crippen molar-refractivity contribution in [1.29, 1.82) is 0 Å². The van der Waals surface area contributed by atoms with Gasteiger partial charge in [0.1, 0.15) is 5.78 Å². The van der Waals surface area contributed by atoms with E-state index in [4.69, 9.17) is 9.47 Å². The molecule has 3 aromatic rings. The topological polar surface area (TPSA) is 40.5 Å². The van der Waals surface area contributed by atoms with Gasteiger partial charge < -0.3 is 14.0 Å². The first-order valence-corrected chi connectivity index (χ1v) is 8.63. The summed E-state index contributed by atoms with van der Waals surface area (Å²) in [5, 5.41) is 1.20. The summed E-state index contributed by atoms with van der Waals surface area (Å²) in [5.41, 5.74) is 2.95. The SMILES string of the molecule is Cn1ccc2ccc(CC(=O)C3(c4ccc5c(c4)OCO5)CC3)cc21. The number of hydrogen-bond acceptors (Lipinski definition) is 3. The van der Waals surface area contributed by atoms with Crippen LogP contribution in [0.25, 0.3) is 10.9 Å². The fraction of sp³-hybridized carbons (Fsp3) is 0.286. The van der Waals surface area contributed by atoms with Crippen molar-refractivity contribution >= 4 is 16.7 Å². The van der Waals surface area contributed by atoms with E-state index < -0.39 is 0 Å². The van der Waals surface area contributed by atoms with E-state index in [0.29, 0.717) is 12.2 Å². The molecule has 1 fully saturated rings. The average molecular weight is 333 g/mol. The molecule has 0 atom stereocenters. The highest BCUT2D eigenvalue weighted by atomic mass is 16.7. The van der Waals surface area contributed by atoms with Gasteiger partial charge in [-0.3, -0.25) is 4.79 Å². The van der Waals surface area contributed by atoms with Crippen LogP contribution in [0.1, 0.15) is 24.0 Å². The van der Waals surface area contributed by atoms with Crippen molar-refractivity contribution in [2.45, 2.75) is 24.7 Å². The van der Waals surface area contributed by atoms with Crippen LogP contribution in [-0.2, 0) is 23.7 Å². The van der Waals surface area contributed by atoms with Gasteiger partial charge in [0.25, 0.3) is 0 Å². The van der Waals surface area contributed by atoms with Crippen molar-refractivity contribution in [2.75, 3.05) is 6.79 Å². The summed E-state index contributed by atoms with van der Waals surface area (Å²) in [4.78, 5) is 13.1. The molecule has 0 radical (unpaired) electrons. The Bertz CT molecular complexity index is 998. The minimum Gasteiger partial charge on any atom is -0.454 e. The second kappa shape index (κ2) is 5.12. The highest BCUT2D eigenvalue weighted by Crippen LogP contribution is 2.51. The number of hydrogen-bond donors (Lipinski definition) is 0. The van der Waals surface area contributed by atoms with E-state index >= 15 is 0 Å². The molecule has 1 aliphatic heterocycles. The van der Waals surface area contributed by atoms with Crippen molar-refractivity contribution in [2.24, 2.45) is 7.05 Å². The molecule has 0 N–H and O–H groups in total. The summed E-state index contributed by atoms with van der Waals surface area (Å²) in [6.45, 7) is 0.260. The fourth-order valence-corrected chi connectivity index (χ4v) is 3.82. The van der Waals surface area contributed by atoms with Crippen molar-refractivity contribution in [3.63, 3.8) is 0 Å². The minimum absolute atomic E-state index is 0.260. The maximum Gasteiger partial charge on any atom is 0.231 e. The Balaban J connectivity index is 1.44. The molecule has 2 aromatic carbocycles. The molecule has 1 aromatic heterocycles. The van der Waals surface area contributed by atoms with Crippen molar-refractivity contribution in [3.05, 3.63) is 59.8 Å². The van der Waals surface area contributed by atoms with Gasteiger partial charge in [-0.15, -0.1) is 0 Å². The van der Waals surface area contributed by atoms with Crippen LogP contribution in [0.2, 0.25) is 0 Å². The largest absolute Gasteiger partial charge is 0.454 e. The van der Waals surface area contributed by atoms with Crippen LogP contribution < -0.4 is 9.47 Å². The number of aromatic nitrogens is 1. The number of ketones is 1. The van der Waals surface area contributed by atoms with Gasteiger partial charge in [0.2, 0.25) is 6.79 Å². The molecule has 126 valence electrons. The van der Waals surface area contributed by atoms with Crippen molar-refractivity contribution < 1.29 is 14.3 Å². The summed E-state index contributed by atoms with van der Waals surface area (Å²) in [6, 6.07) is 14.3. The summed E-state index contributed by atoms with van der Waals surface area (Å²) < 4.78 is 12.9. The summed E-state index contributed by atoms with van der Waals surface area (Å²) in [5.74, 6) is 1.81. The van der Waals surface area contributed by atoms with Gasteiger partial charge in [0, 0.05) is 25.2 Å². The number of carbonyl (C=O) groups excluding carboxylic acids is 1. The van der Waals surface area contributed by atoms with Gasteiger partial charge in [0.15, 0.2) is 11.5 Å². The fourth-order valence-electron chi connectivity index (χ4n) is 3.82. The van der Waals surface area contributed by atoms with E-state index in [9.17, 15) is 4.79 Å². The normalized spacial score (nSPS) is 17.0. The van der Waals surface area contributed by atoms with Gasteiger partial charge in [-0.25, -0.2) is 0 Å². The molecular formula is C21H19NO3. The zero-order chi connectivity index (χ0) is 17.0. The second-order valence-corrected chi connectivity index (χ2v) is 7.07. The van der Waals surface area contributed by atoms with Crippen LogP contribution in [0.4, 0.5) is 0 Å². The lowest BCUT2D eigenvalue weighted by Crippen LogP contribution is -2.22. The monoisotopic (exact) mass is 333 g/mol. The maximum absolute atomic E-state index is 13.1. The Labute approximate surface area is 146 Å². The lowest BCUT2D eigenvalue weighted by atomic mass is 9.87. The van der Waals surface area contributed by atoms with Crippen LogP contribution in [0.5, 0.6) is 11.5 Å². The van der Waals surface area contributed by atoms with Crippen molar-refractivity contribution in [3.8, 4) is 11.5 Å². The molecule has 2 aliphatic rings. The number of Topliss-reactive ketones (excluding diaryl/α,β-unsaturated/α-hetero) is 1. The Morgan fingerprint density at radius 2 is 1.92 bits per heavy atom. The Morgan fingerprint density at radius 3 is 2.76 bits per heavy atom. The predicted octanol–water partition coefficient (Wildman–Crippen LogP) is 3.75. The highest BCUT2D eigenvalue weighted by molar-refractivity contribution is 5.95. The third-order valence-corrected chi connectivity index (χ3v) is 5.53. The van der Waals surface area contributed by atoms with Gasteiger partial charge in [-0.05, 0) is 53.6 Å². The first-order valence-electron chi connectivity index (χ1n) is 8.63. The zero-order valence-electron chi connectivity index (χ0n) is 14.1. The van der Waals surface area contributed by atoms with Gasteiger partial charge in [-0.1, -0.05) is 18.2 Å². The van der Waals surface area contributed by atoms with Crippen LogP contribution in [0.3, 0.4) is 0 Å². The number of carbonyl (C=O) groups is 1. The summed E-state index contributed by atoms with van der Waals surface area (Å²) in [7, 11) is 2.03. The minimum atomic E-state index is -0.343. The van der Waals surface area contributed by atoms with E-state index in [1.807, 2.05) is 31.4 Å². The highest BCUT2D eigenvalue weighted by Gasteiger charge is 2.50. The van der Waals surface area contributed by atoms with Crippen LogP contribution >= 0.6 is 0 Å². The van der Waals surface area contributed by atoms with E-state index in [2.05, 4.69) is 28.8 Å². The number of ether oxygens (including phenoxy) is 2. The van der Waals surface area contributed by atoms with E-state index in [1.165, 1.54) is 10.9 Å². The Kier molecular flexibility index (Phi) is 2.99. The van der Waals surface area contributed by atoms with Crippen LogP contribution in [-0.4, -0.2) is 17.1 Å². The van der Waals surface area contributed by atoms with Gasteiger partial charge >= 0.3 is 0 Å². The molecule has 5 rings (SSSR count). The summed E-state index contributed by atoms with van der Waals surface area (Å²) in [6.07, 6.45) is 4.34. The molecule has 2 heterocycles. The molecule has 0 bridgehead atoms. The predicted molar refractivity (Wildman–Crippen MR) is 95.1 cm³/mol. The van der Waals surface area contributed by atoms with E-state index in [1.54, 1.807) is 0 Å². The number of benzene rings is 2. The first-order chi connectivity index (χ1) is 12.2. The molecule has 25 heavy (non-hydrogen) atoms. The first kappa shape index (κ1) is 14.6. The number of rotatable bonds is 4.